The highest BCUT2D eigenvalue weighted by Gasteiger charge is 3.03. The molecule has 7 nitrogen and oxygen atoms in total. The molecule has 1 fully saturated rings. The zero-order valence-electron chi connectivity index (χ0n) is 35.3. The summed E-state index contributed by atoms with van der Waals surface area (Å²) < 4.78 is 172. The van der Waals surface area contributed by atoms with Crippen LogP contribution in [0.1, 0.15) is 124 Å². The Kier molecular flexibility index (Phi) is 17.7. The highest BCUT2D eigenvalue weighted by atomic mass is 19.4. The van der Waals surface area contributed by atoms with Gasteiger partial charge in [0.05, 0.1) is 30.4 Å². The first kappa shape index (κ1) is 51.7. The Morgan fingerprint density at radius 1 is 0.484 bits per heavy atom. The second-order valence-electron chi connectivity index (χ2n) is 15.8. The van der Waals surface area contributed by atoms with Crippen LogP contribution < -0.4 is 9.47 Å². The predicted octanol–water partition coefficient (Wildman–Crippen LogP) is 13.4. The Morgan fingerprint density at radius 3 is 1.41 bits per heavy atom. The summed E-state index contributed by atoms with van der Waals surface area (Å²) in [6.07, 6.45) is 9.94. The van der Waals surface area contributed by atoms with Crippen molar-refractivity contribution in [2.45, 2.75) is 145 Å². The van der Waals surface area contributed by atoms with Crippen molar-refractivity contribution in [1.29, 1.82) is 0 Å². The fraction of sp³-hybridized carbons (Fsp3) is 0.543. The van der Waals surface area contributed by atoms with Gasteiger partial charge in [-0.3, -0.25) is 0 Å². The van der Waals surface area contributed by atoms with Crippen LogP contribution in [0.3, 0.4) is 0 Å². The fourth-order valence-corrected chi connectivity index (χ4v) is 6.91. The van der Waals surface area contributed by atoms with Crippen molar-refractivity contribution < 1.29 is 81.6 Å². The predicted molar refractivity (Wildman–Crippen MR) is 213 cm³/mol. The fourth-order valence-electron chi connectivity index (χ4n) is 6.91. The Hall–Kier alpha value is -4.90. The normalized spacial score (nSPS) is 18.1. The van der Waals surface area contributed by atoms with Gasteiger partial charge in [0.2, 0.25) is 0 Å². The average molecular weight is 925 g/mol. The van der Waals surface area contributed by atoms with Crippen molar-refractivity contribution in [3.8, 4) is 22.6 Å². The maximum Gasteiger partial charge on any atom is 0.384 e. The molecule has 18 heteroatoms. The number of hydrogen-bond donors (Lipinski definition) is 0. The molecule has 0 spiro atoms. The zero-order valence-corrected chi connectivity index (χ0v) is 35.3. The largest absolute Gasteiger partial charge is 0.494 e. The lowest BCUT2D eigenvalue weighted by Crippen LogP contribution is -2.85. The van der Waals surface area contributed by atoms with Crippen molar-refractivity contribution in [2.75, 3.05) is 13.2 Å². The number of unbranched alkanes of at least 4 members (excludes halogenated alkanes) is 11. The SMILES string of the molecule is CCCCCC[C@H](C)OC(=O)c1ccc(OC(=O)c2ccc(-c3ccc(OCCCCCCCCCCCOC(=O)C4(F)C(F)(F)C(F)(F)C(F)(F)C(F)(F)C4(F)F)cc3)cc2)cc1. The summed E-state index contributed by atoms with van der Waals surface area (Å²) in [6, 6.07) is 20.5. The summed E-state index contributed by atoms with van der Waals surface area (Å²) in [4.78, 5) is 37.1. The van der Waals surface area contributed by atoms with Gasteiger partial charge in [-0.15, -0.1) is 0 Å². The summed E-state index contributed by atoms with van der Waals surface area (Å²) in [6.45, 7) is 3.38. The third-order valence-corrected chi connectivity index (χ3v) is 10.9. The van der Waals surface area contributed by atoms with Crippen LogP contribution in [0.25, 0.3) is 11.1 Å². The quantitative estimate of drug-likeness (QED) is 0.0383. The van der Waals surface area contributed by atoms with E-state index in [4.69, 9.17) is 14.2 Å². The second-order valence-corrected chi connectivity index (χ2v) is 15.8. The molecule has 354 valence electrons. The van der Waals surface area contributed by atoms with Gasteiger partial charge < -0.3 is 18.9 Å². The number of esters is 3. The van der Waals surface area contributed by atoms with E-state index in [2.05, 4.69) is 11.7 Å². The van der Waals surface area contributed by atoms with E-state index in [-0.39, 0.29) is 24.7 Å². The van der Waals surface area contributed by atoms with Gasteiger partial charge in [0.15, 0.2) is 0 Å². The van der Waals surface area contributed by atoms with Crippen molar-refractivity contribution in [1.82, 2.24) is 0 Å². The third-order valence-electron chi connectivity index (χ3n) is 10.9. The third kappa shape index (κ3) is 11.1. The smallest absolute Gasteiger partial charge is 0.384 e. The summed E-state index contributed by atoms with van der Waals surface area (Å²) >= 11 is 0. The molecule has 0 N–H and O–H groups in total. The molecule has 1 aliphatic carbocycles. The van der Waals surface area contributed by atoms with Crippen molar-refractivity contribution >= 4 is 17.9 Å². The Labute approximate surface area is 364 Å². The van der Waals surface area contributed by atoms with E-state index in [9.17, 15) is 62.7 Å². The first-order valence-corrected chi connectivity index (χ1v) is 21.2. The molecule has 0 radical (unpaired) electrons. The van der Waals surface area contributed by atoms with Crippen LogP contribution in [0.15, 0.2) is 72.8 Å². The van der Waals surface area contributed by atoms with Crippen LogP contribution in [-0.2, 0) is 14.3 Å². The molecule has 3 aromatic rings. The van der Waals surface area contributed by atoms with E-state index in [1.165, 1.54) is 0 Å². The number of rotatable bonds is 24. The highest BCUT2D eigenvalue weighted by molar-refractivity contribution is 5.92. The van der Waals surface area contributed by atoms with Gasteiger partial charge in [0, 0.05) is 0 Å². The number of benzene rings is 3. The van der Waals surface area contributed by atoms with Crippen LogP contribution in [-0.4, -0.2) is 72.5 Å². The summed E-state index contributed by atoms with van der Waals surface area (Å²) in [7, 11) is 0. The lowest BCUT2D eigenvalue weighted by molar-refractivity contribution is -0.478. The average Bonchev–Trinajstić information content (AvgIpc) is 3.26. The van der Waals surface area contributed by atoms with Crippen LogP contribution in [0, 0.1) is 0 Å². The number of halogens is 11. The number of ether oxygens (including phenoxy) is 4. The molecule has 0 heterocycles. The topological polar surface area (TPSA) is 88.1 Å². The second kappa shape index (κ2) is 21.9. The van der Waals surface area contributed by atoms with Gasteiger partial charge in [0.25, 0.3) is 0 Å². The number of carbonyl (C=O) groups is 3. The summed E-state index contributed by atoms with van der Waals surface area (Å²) in [5.74, 6) is -40.1. The van der Waals surface area contributed by atoms with Gasteiger partial charge in [0.1, 0.15) is 11.5 Å². The maximum absolute atomic E-state index is 14.7. The first-order chi connectivity index (χ1) is 30.1. The highest BCUT2D eigenvalue weighted by Crippen LogP contribution is 2.69. The lowest BCUT2D eigenvalue weighted by Gasteiger charge is -2.50. The molecule has 0 aromatic heterocycles. The molecule has 3 aromatic carbocycles. The molecule has 1 saturated carbocycles. The van der Waals surface area contributed by atoms with Gasteiger partial charge in [-0.05, 0) is 92.3 Å². The van der Waals surface area contributed by atoms with Crippen LogP contribution in [0.2, 0.25) is 0 Å². The van der Waals surface area contributed by atoms with Crippen molar-refractivity contribution in [3.63, 3.8) is 0 Å². The van der Waals surface area contributed by atoms with Crippen LogP contribution in [0.5, 0.6) is 11.5 Å². The molecular formula is C46H51F11O7. The molecular weight excluding hydrogens is 873 g/mol. The van der Waals surface area contributed by atoms with Gasteiger partial charge >= 0.3 is 53.2 Å². The molecule has 0 bridgehead atoms. The molecule has 0 saturated heterocycles. The Morgan fingerprint density at radius 2 is 0.891 bits per heavy atom. The molecule has 1 aliphatic rings. The monoisotopic (exact) mass is 924 g/mol. The van der Waals surface area contributed by atoms with Gasteiger partial charge in [-0.1, -0.05) is 95.4 Å². The maximum atomic E-state index is 14.7. The summed E-state index contributed by atoms with van der Waals surface area (Å²) in [5, 5.41) is 0. The molecule has 64 heavy (non-hydrogen) atoms. The molecule has 4 rings (SSSR count). The van der Waals surface area contributed by atoms with Crippen LogP contribution in [0.4, 0.5) is 48.3 Å². The zero-order chi connectivity index (χ0) is 47.4. The van der Waals surface area contributed by atoms with E-state index in [0.717, 1.165) is 75.3 Å². The van der Waals surface area contributed by atoms with Crippen molar-refractivity contribution in [2.24, 2.45) is 0 Å². The first-order valence-electron chi connectivity index (χ1n) is 21.2. The van der Waals surface area contributed by atoms with E-state index in [0.29, 0.717) is 36.3 Å². The number of hydrogen-bond acceptors (Lipinski definition) is 7. The molecule has 0 aliphatic heterocycles. The molecule has 0 unspecified atom stereocenters. The standard InChI is InChI=1S/C46H51F11O7/c1-3-4-5-13-16-31(2)63-38(58)35-23-27-37(28-24-35)64-39(59)34-19-17-32(18-20-34)33-21-25-36(26-22-33)61-29-14-11-9-7-6-8-10-12-15-30-62-40(60)41(47)42(48,49)44(52,53)46(56,57)45(54,55)43(41,50)51/h17-28,31H,3-16,29-30H2,1-2H3/t31-/m0/s1. The minimum absolute atomic E-state index is 0.174. The number of carbonyl (C=O) groups excluding carboxylic acids is 3. The van der Waals surface area contributed by atoms with Crippen molar-refractivity contribution in [3.05, 3.63) is 83.9 Å². The Balaban J connectivity index is 1.07. The lowest BCUT2D eigenvalue weighted by atomic mass is 9.72. The minimum Gasteiger partial charge on any atom is -0.494 e. The van der Waals surface area contributed by atoms with E-state index in [1.54, 1.807) is 48.5 Å². The Bertz CT molecular complexity index is 1940. The van der Waals surface area contributed by atoms with E-state index in [1.807, 2.05) is 31.2 Å². The van der Waals surface area contributed by atoms with Gasteiger partial charge in [-0.25, -0.2) is 18.8 Å². The minimum atomic E-state index is -7.39. The van der Waals surface area contributed by atoms with Crippen LogP contribution >= 0.6 is 0 Å². The van der Waals surface area contributed by atoms with E-state index >= 15 is 0 Å². The summed E-state index contributed by atoms with van der Waals surface area (Å²) in [5.41, 5.74) is -4.32. The number of alkyl halides is 11. The van der Waals surface area contributed by atoms with E-state index < -0.39 is 59.8 Å². The molecule has 1 atom stereocenters. The molecule has 0 amide bonds. The van der Waals surface area contributed by atoms with Gasteiger partial charge in [-0.2, -0.15) is 43.9 Å².